The summed E-state index contributed by atoms with van der Waals surface area (Å²) < 4.78 is 7.78. The summed E-state index contributed by atoms with van der Waals surface area (Å²) >= 11 is 0. The Hall–Kier alpha value is -1.65. The quantitative estimate of drug-likeness (QED) is 0.834. The number of ether oxygens (including phenoxy) is 1. The van der Waals surface area contributed by atoms with Crippen LogP contribution >= 0.6 is 0 Å². The van der Waals surface area contributed by atoms with Crippen LogP contribution in [0.1, 0.15) is 25.1 Å². The summed E-state index contributed by atoms with van der Waals surface area (Å²) in [6.07, 6.45) is 7.40. The van der Waals surface area contributed by atoms with Crippen LogP contribution in [0.15, 0.2) is 36.4 Å². The highest BCUT2D eigenvalue weighted by Crippen LogP contribution is 2.19. The largest absolute Gasteiger partial charge is 0.389 e. The number of hydrogen-bond acceptors (Lipinski definition) is 3. The molecule has 0 fully saturated rings. The number of para-hydroxylation sites is 2. The number of imidazole rings is 1. The van der Waals surface area contributed by atoms with Gasteiger partial charge in [0.25, 0.3) is 0 Å². The molecule has 0 unspecified atom stereocenters. The van der Waals surface area contributed by atoms with Crippen molar-refractivity contribution >= 4 is 11.0 Å². The van der Waals surface area contributed by atoms with Crippen molar-refractivity contribution in [2.75, 3.05) is 13.2 Å². The molecule has 1 aliphatic carbocycles. The van der Waals surface area contributed by atoms with Gasteiger partial charge in [-0.2, -0.15) is 0 Å². The zero-order chi connectivity index (χ0) is 15.4. The van der Waals surface area contributed by atoms with E-state index in [1.54, 1.807) is 0 Å². The van der Waals surface area contributed by atoms with Gasteiger partial charge in [0.15, 0.2) is 0 Å². The minimum atomic E-state index is -0.504. The van der Waals surface area contributed by atoms with Gasteiger partial charge in [-0.1, -0.05) is 24.3 Å². The molecule has 2 atom stereocenters. The first kappa shape index (κ1) is 15.3. The zero-order valence-corrected chi connectivity index (χ0v) is 13.1. The Morgan fingerprint density at radius 2 is 2.23 bits per heavy atom. The first-order valence-corrected chi connectivity index (χ1v) is 8.06. The van der Waals surface area contributed by atoms with Gasteiger partial charge < -0.3 is 14.4 Å². The molecule has 3 rings (SSSR count). The Labute approximate surface area is 131 Å². The predicted octanol–water partition coefficient (Wildman–Crippen LogP) is 3.08. The lowest BCUT2D eigenvalue weighted by Gasteiger charge is -2.19. The Morgan fingerprint density at radius 1 is 1.36 bits per heavy atom. The van der Waals surface area contributed by atoms with Gasteiger partial charge in [0, 0.05) is 6.61 Å². The smallest absolute Gasteiger partial charge is 0.106 e. The average molecular weight is 300 g/mol. The van der Waals surface area contributed by atoms with Crippen molar-refractivity contribution in [2.45, 2.75) is 38.8 Å². The molecular weight excluding hydrogens is 276 g/mol. The van der Waals surface area contributed by atoms with E-state index >= 15 is 0 Å². The van der Waals surface area contributed by atoms with Gasteiger partial charge in [0.1, 0.15) is 5.82 Å². The number of benzene rings is 1. The molecule has 0 amide bonds. The van der Waals surface area contributed by atoms with Crippen LogP contribution in [0.4, 0.5) is 0 Å². The highest BCUT2D eigenvalue weighted by Gasteiger charge is 2.14. The highest BCUT2D eigenvalue weighted by atomic mass is 16.5. The molecule has 0 saturated carbocycles. The summed E-state index contributed by atoms with van der Waals surface area (Å²) in [6, 6.07) is 8.02. The van der Waals surface area contributed by atoms with Crippen molar-refractivity contribution in [2.24, 2.45) is 5.92 Å². The fourth-order valence-electron chi connectivity index (χ4n) is 3.07. The van der Waals surface area contributed by atoms with Crippen LogP contribution in [0.3, 0.4) is 0 Å². The van der Waals surface area contributed by atoms with Crippen molar-refractivity contribution in [1.82, 2.24) is 9.55 Å². The van der Waals surface area contributed by atoms with Crippen molar-refractivity contribution in [3.8, 4) is 0 Å². The van der Waals surface area contributed by atoms with Crippen LogP contribution in [-0.4, -0.2) is 34.0 Å². The first-order chi connectivity index (χ1) is 10.7. The van der Waals surface area contributed by atoms with E-state index in [-0.39, 0.29) is 0 Å². The molecule has 0 bridgehead atoms. The lowest BCUT2D eigenvalue weighted by molar-refractivity contribution is 0.0129. The molecule has 4 heteroatoms. The third-order valence-electron chi connectivity index (χ3n) is 4.28. The summed E-state index contributed by atoms with van der Waals surface area (Å²) in [6.45, 7) is 3.62. The predicted molar refractivity (Wildman–Crippen MR) is 87.8 cm³/mol. The van der Waals surface area contributed by atoms with Crippen LogP contribution in [0, 0.1) is 12.8 Å². The van der Waals surface area contributed by atoms with Gasteiger partial charge in [0.2, 0.25) is 0 Å². The number of fused-ring (bicyclic) bond motifs is 1. The molecule has 0 saturated heterocycles. The van der Waals surface area contributed by atoms with Crippen molar-refractivity contribution in [3.05, 3.63) is 42.2 Å². The molecule has 22 heavy (non-hydrogen) atoms. The Kier molecular flexibility index (Phi) is 4.90. The van der Waals surface area contributed by atoms with Gasteiger partial charge in [0.05, 0.1) is 30.3 Å². The number of aromatic nitrogens is 2. The Balaban J connectivity index is 1.53. The second kappa shape index (κ2) is 7.07. The van der Waals surface area contributed by atoms with E-state index in [0.29, 0.717) is 19.1 Å². The third kappa shape index (κ3) is 3.57. The summed E-state index contributed by atoms with van der Waals surface area (Å²) in [5.74, 6) is 1.53. The van der Waals surface area contributed by atoms with Crippen LogP contribution in [-0.2, 0) is 11.3 Å². The van der Waals surface area contributed by atoms with Crippen molar-refractivity contribution in [3.63, 3.8) is 0 Å². The molecule has 1 aliphatic rings. The van der Waals surface area contributed by atoms with Crippen LogP contribution < -0.4 is 0 Å². The summed E-state index contributed by atoms with van der Waals surface area (Å²) in [5, 5.41) is 10.2. The molecule has 2 aromatic rings. The van der Waals surface area contributed by atoms with E-state index in [1.807, 2.05) is 31.2 Å². The SMILES string of the molecule is Cc1nc2ccccc2n1C[C@@H](O)COC[C@@H]1CC=CCC1. The van der Waals surface area contributed by atoms with Gasteiger partial charge in [-0.3, -0.25) is 0 Å². The monoisotopic (exact) mass is 300 g/mol. The molecule has 4 nitrogen and oxygen atoms in total. The Morgan fingerprint density at radius 3 is 3.05 bits per heavy atom. The van der Waals surface area contributed by atoms with E-state index < -0.39 is 6.10 Å². The number of aryl methyl sites for hydroxylation is 1. The van der Waals surface area contributed by atoms with Crippen molar-refractivity contribution < 1.29 is 9.84 Å². The van der Waals surface area contributed by atoms with E-state index in [2.05, 4.69) is 21.7 Å². The second-order valence-electron chi connectivity index (χ2n) is 6.10. The second-order valence-corrected chi connectivity index (χ2v) is 6.10. The standard InChI is InChI=1S/C18H24N2O2/c1-14-19-17-9-5-6-10-18(17)20(14)11-16(21)13-22-12-15-7-3-2-4-8-15/h2-3,5-6,9-10,15-16,21H,4,7-8,11-13H2,1H3/t15-,16-/m1/s1. The van der Waals surface area contributed by atoms with E-state index in [4.69, 9.17) is 4.74 Å². The fraction of sp³-hybridized carbons (Fsp3) is 0.500. The minimum Gasteiger partial charge on any atom is -0.389 e. The molecule has 118 valence electrons. The molecular formula is C18H24N2O2. The summed E-state index contributed by atoms with van der Waals surface area (Å²) in [4.78, 5) is 4.52. The fourth-order valence-corrected chi connectivity index (χ4v) is 3.07. The molecule has 0 radical (unpaired) electrons. The highest BCUT2D eigenvalue weighted by molar-refractivity contribution is 5.75. The van der Waals surface area contributed by atoms with Gasteiger partial charge in [-0.25, -0.2) is 4.98 Å². The topological polar surface area (TPSA) is 47.3 Å². The normalized spacial score (nSPS) is 19.6. The molecule has 1 heterocycles. The van der Waals surface area contributed by atoms with Gasteiger partial charge in [-0.05, 0) is 44.2 Å². The van der Waals surface area contributed by atoms with E-state index in [1.165, 1.54) is 6.42 Å². The lowest BCUT2D eigenvalue weighted by atomic mass is 9.95. The number of aliphatic hydroxyl groups excluding tert-OH is 1. The Bertz CT molecular complexity index is 648. The lowest BCUT2D eigenvalue weighted by Crippen LogP contribution is -2.24. The maximum absolute atomic E-state index is 10.2. The molecule has 0 aliphatic heterocycles. The molecule has 1 aromatic carbocycles. The van der Waals surface area contributed by atoms with Crippen molar-refractivity contribution in [1.29, 1.82) is 0 Å². The number of rotatable bonds is 6. The summed E-state index contributed by atoms with van der Waals surface area (Å²) in [5.41, 5.74) is 2.04. The third-order valence-corrected chi connectivity index (χ3v) is 4.28. The average Bonchev–Trinajstić information content (AvgIpc) is 2.84. The summed E-state index contributed by atoms with van der Waals surface area (Å²) in [7, 11) is 0. The van der Waals surface area contributed by atoms with Gasteiger partial charge >= 0.3 is 0 Å². The maximum atomic E-state index is 10.2. The maximum Gasteiger partial charge on any atom is 0.106 e. The minimum absolute atomic E-state index is 0.381. The van der Waals surface area contributed by atoms with E-state index in [0.717, 1.165) is 36.3 Å². The zero-order valence-electron chi connectivity index (χ0n) is 13.1. The van der Waals surface area contributed by atoms with E-state index in [9.17, 15) is 5.11 Å². The van der Waals surface area contributed by atoms with Gasteiger partial charge in [-0.15, -0.1) is 0 Å². The van der Waals surface area contributed by atoms with Crippen LogP contribution in [0.25, 0.3) is 11.0 Å². The molecule has 0 spiro atoms. The van der Waals surface area contributed by atoms with Crippen LogP contribution in [0.2, 0.25) is 0 Å². The molecule has 1 aromatic heterocycles. The number of hydrogen-bond donors (Lipinski definition) is 1. The number of nitrogens with zero attached hydrogens (tertiary/aromatic N) is 2. The van der Waals surface area contributed by atoms with Crippen LogP contribution in [0.5, 0.6) is 0 Å². The first-order valence-electron chi connectivity index (χ1n) is 8.06. The number of aliphatic hydroxyl groups is 1. The molecule has 1 N–H and O–H groups in total. The number of allylic oxidation sites excluding steroid dienone is 2.